The molecular weight excluding hydrogens is 116 g/mol. The predicted molar refractivity (Wildman–Crippen MR) is 36.5 cm³/mol. The van der Waals surface area contributed by atoms with Crippen molar-refractivity contribution < 1.29 is 0 Å². The quantitative estimate of drug-likeness (QED) is 0.405. The summed E-state index contributed by atoms with van der Waals surface area (Å²) in [5, 5.41) is 9.78. The Kier molecular flexibility index (Phi) is 1.48. The van der Waals surface area contributed by atoms with E-state index in [9.17, 15) is 0 Å². The van der Waals surface area contributed by atoms with Crippen LogP contribution in [0.25, 0.3) is 0 Å². The average Bonchev–Trinajstić information content (AvgIpc) is 1.97. The van der Waals surface area contributed by atoms with Crippen molar-refractivity contribution in [2.45, 2.75) is 0 Å². The van der Waals surface area contributed by atoms with E-state index in [1.54, 1.807) is 12.3 Å². The molecule has 9 heavy (non-hydrogen) atoms. The van der Waals surface area contributed by atoms with Gasteiger partial charge < -0.3 is 11.1 Å². The zero-order valence-corrected chi connectivity index (χ0v) is 4.89. The molecule has 4 nitrogen and oxygen atoms in total. The van der Waals surface area contributed by atoms with Crippen molar-refractivity contribution in [3.8, 4) is 0 Å². The van der Waals surface area contributed by atoms with Crippen LogP contribution in [0.1, 0.15) is 0 Å². The van der Waals surface area contributed by atoms with E-state index in [0.29, 0.717) is 18.2 Å². The molecule has 0 aliphatic carbocycles. The van der Waals surface area contributed by atoms with Gasteiger partial charge in [-0.25, -0.2) is 0 Å². The van der Waals surface area contributed by atoms with Crippen LogP contribution in [0, 0.1) is 5.41 Å². The molecule has 0 aromatic rings. The predicted octanol–water partition coefficient (Wildman–Crippen LogP) is -0.562. The van der Waals surface area contributed by atoms with Crippen LogP contribution in [0.3, 0.4) is 0 Å². The number of nitrogens with two attached hydrogens (primary N) is 1. The maximum Gasteiger partial charge on any atom is 0.120 e. The van der Waals surface area contributed by atoms with Crippen LogP contribution in [-0.4, -0.2) is 18.2 Å². The molecule has 0 aromatic heterocycles. The summed E-state index contributed by atoms with van der Waals surface area (Å²) in [5.41, 5.74) is 5.32. The van der Waals surface area contributed by atoms with Gasteiger partial charge in [0.1, 0.15) is 11.7 Å². The number of amidine groups is 2. The molecule has 48 valence electrons. The van der Waals surface area contributed by atoms with Crippen molar-refractivity contribution in [1.29, 1.82) is 5.41 Å². The molecule has 0 fully saturated rings. The first-order valence-electron chi connectivity index (χ1n) is 2.59. The lowest BCUT2D eigenvalue weighted by molar-refractivity contribution is 1.14. The summed E-state index contributed by atoms with van der Waals surface area (Å²) < 4.78 is 0. The second-order valence-electron chi connectivity index (χ2n) is 1.70. The van der Waals surface area contributed by atoms with E-state index >= 15 is 0 Å². The number of aliphatic imine (C=N–C) groups is 1. The van der Waals surface area contributed by atoms with E-state index in [1.807, 2.05) is 0 Å². The van der Waals surface area contributed by atoms with Crippen LogP contribution in [0.15, 0.2) is 17.3 Å². The molecule has 1 rings (SSSR count). The van der Waals surface area contributed by atoms with Gasteiger partial charge in [0.25, 0.3) is 0 Å². The molecule has 4 N–H and O–H groups in total. The highest BCUT2D eigenvalue weighted by atomic mass is 15.0. The van der Waals surface area contributed by atoms with Gasteiger partial charge in [-0.1, -0.05) is 0 Å². The summed E-state index contributed by atoms with van der Waals surface area (Å²) in [6.07, 6.45) is 3.23. The highest BCUT2D eigenvalue weighted by molar-refractivity contribution is 5.95. The van der Waals surface area contributed by atoms with Gasteiger partial charge in [-0.05, 0) is 6.08 Å². The molecule has 0 unspecified atom stereocenters. The smallest absolute Gasteiger partial charge is 0.120 e. The van der Waals surface area contributed by atoms with Gasteiger partial charge in [0.2, 0.25) is 0 Å². The fraction of sp³-hybridized carbons (Fsp3) is 0.200. The Balaban J connectivity index is 2.69. The lowest BCUT2D eigenvalue weighted by atomic mass is 10.6. The zero-order valence-electron chi connectivity index (χ0n) is 4.89. The summed E-state index contributed by atoms with van der Waals surface area (Å²) in [5.74, 6) is 0.830. The molecular formula is C5H8N4. The summed E-state index contributed by atoms with van der Waals surface area (Å²) in [4.78, 5) is 3.83. The molecule has 1 heterocycles. The molecule has 1 aliphatic heterocycles. The normalized spacial score (nSPS) is 18.2. The van der Waals surface area contributed by atoms with Crippen molar-refractivity contribution in [3.63, 3.8) is 0 Å². The highest BCUT2D eigenvalue weighted by Gasteiger charge is 1.94. The first-order chi connectivity index (χ1) is 4.29. The fourth-order valence-corrected chi connectivity index (χ4v) is 0.496. The summed E-state index contributed by atoms with van der Waals surface area (Å²) in [6.45, 7) is 0.346. The van der Waals surface area contributed by atoms with E-state index in [1.165, 1.54) is 0 Å². The van der Waals surface area contributed by atoms with Crippen LogP contribution >= 0.6 is 0 Å². The molecule has 4 heteroatoms. The Morgan fingerprint density at radius 1 is 1.78 bits per heavy atom. The molecule has 0 saturated carbocycles. The Hall–Kier alpha value is -1.32. The molecule has 0 amide bonds. The van der Waals surface area contributed by atoms with Gasteiger partial charge in [-0.15, -0.1) is 0 Å². The monoisotopic (exact) mass is 124 g/mol. The number of nitrogens with zero attached hydrogens (tertiary/aromatic N) is 1. The van der Waals surface area contributed by atoms with Crippen LogP contribution in [0.2, 0.25) is 0 Å². The second-order valence-corrected chi connectivity index (χ2v) is 1.70. The fourth-order valence-electron chi connectivity index (χ4n) is 0.496. The molecule has 1 aliphatic rings. The molecule has 0 aromatic carbocycles. The van der Waals surface area contributed by atoms with E-state index < -0.39 is 0 Å². The summed E-state index contributed by atoms with van der Waals surface area (Å²) in [7, 11) is 0. The number of hydrogen-bond donors (Lipinski definition) is 3. The van der Waals surface area contributed by atoms with Crippen LogP contribution in [0.4, 0.5) is 0 Å². The highest BCUT2D eigenvalue weighted by Crippen LogP contribution is 1.81. The molecule has 0 saturated heterocycles. The summed E-state index contributed by atoms with van der Waals surface area (Å²) in [6, 6.07) is 0. The van der Waals surface area contributed by atoms with Crippen molar-refractivity contribution in [1.82, 2.24) is 5.32 Å². The lowest BCUT2D eigenvalue weighted by Crippen LogP contribution is -2.17. The first kappa shape index (κ1) is 5.81. The lowest BCUT2D eigenvalue weighted by Gasteiger charge is -1.93. The van der Waals surface area contributed by atoms with Crippen LogP contribution in [-0.2, 0) is 0 Å². The zero-order chi connectivity index (χ0) is 6.69. The first-order valence-corrected chi connectivity index (χ1v) is 2.59. The van der Waals surface area contributed by atoms with Gasteiger partial charge in [0.05, 0.1) is 6.54 Å². The minimum absolute atomic E-state index is 0.346. The van der Waals surface area contributed by atoms with Gasteiger partial charge >= 0.3 is 0 Å². The van der Waals surface area contributed by atoms with Crippen molar-refractivity contribution in [2.24, 2.45) is 10.7 Å². The maximum atomic E-state index is 7.09. The Labute approximate surface area is 53.0 Å². The van der Waals surface area contributed by atoms with Crippen molar-refractivity contribution in [2.75, 3.05) is 6.54 Å². The van der Waals surface area contributed by atoms with Crippen molar-refractivity contribution in [3.05, 3.63) is 12.3 Å². The van der Waals surface area contributed by atoms with Crippen LogP contribution < -0.4 is 11.1 Å². The van der Waals surface area contributed by atoms with E-state index in [2.05, 4.69) is 10.3 Å². The number of hydrogen-bond acceptors (Lipinski definition) is 3. The van der Waals surface area contributed by atoms with Crippen LogP contribution in [0.5, 0.6) is 0 Å². The largest absolute Gasteiger partial charge is 0.384 e. The molecule has 0 atom stereocenters. The van der Waals surface area contributed by atoms with E-state index in [4.69, 9.17) is 11.1 Å². The van der Waals surface area contributed by atoms with E-state index in [0.717, 1.165) is 0 Å². The average molecular weight is 124 g/mol. The number of rotatable bonds is 0. The molecule has 0 bridgehead atoms. The van der Waals surface area contributed by atoms with Gasteiger partial charge in [-0.3, -0.25) is 10.4 Å². The molecule has 0 spiro atoms. The number of nitrogens with one attached hydrogen (secondary N) is 2. The third-order valence-electron chi connectivity index (χ3n) is 0.931. The minimum Gasteiger partial charge on any atom is -0.384 e. The standard InChI is InChI=1S/C5H8N4/c6-4-1-2-8-5(7)3-9-4/h1-2H,3H2,(H2,6,9)(H2,7,8). The Morgan fingerprint density at radius 2 is 2.56 bits per heavy atom. The topological polar surface area (TPSA) is 74.3 Å². The second kappa shape index (κ2) is 2.30. The summed E-state index contributed by atoms with van der Waals surface area (Å²) >= 11 is 0. The third-order valence-corrected chi connectivity index (χ3v) is 0.931. The van der Waals surface area contributed by atoms with Gasteiger partial charge in [-0.2, -0.15) is 0 Å². The minimum atomic E-state index is 0.346. The SMILES string of the molecule is N=C1CN=C(N)C=CN1. The van der Waals surface area contributed by atoms with Gasteiger partial charge in [0.15, 0.2) is 0 Å². The Bertz CT molecular complexity index is 179. The van der Waals surface area contributed by atoms with Gasteiger partial charge in [0, 0.05) is 6.20 Å². The Morgan fingerprint density at radius 3 is 3.33 bits per heavy atom. The van der Waals surface area contributed by atoms with E-state index in [-0.39, 0.29) is 0 Å². The van der Waals surface area contributed by atoms with Crippen molar-refractivity contribution >= 4 is 11.7 Å². The maximum absolute atomic E-state index is 7.09. The molecule has 0 radical (unpaired) electrons. The third kappa shape index (κ3) is 1.56.